The van der Waals surface area contributed by atoms with Crippen LogP contribution in [0.5, 0.6) is 0 Å². The summed E-state index contributed by atoms with van der Waals surface area (Å²) in [6.07, 6.45) is -2.53. The number of hydrogen-bond donors (Lipinski definition) is 1. The highest BCUT2D eigenvalue weighted by Crippen LogP contribution is 2.32. The Kier molecular flexibility index (Phi) is 3.15. The van der Waals surface area contributed by atoms with E-state index in [1.54, 1.807) is 6.07 Å². The van der Waals surface area contributed by atoms with Crippen molar-refractivity contribution in [3.63, 3.8) is 0 Å². The first kappa shape index (κ1) is 10.6. The van der Waals surface area contributed by atoms with Crippen molar-refractivity contribution in [1.29, 1.82) is 5.26 Å². The van der Waals surface area contributed by atoms with Gasteiger partial charge in [0.2, 0.25) is 0 Å². The summed E-state index contributed by atoms with van der Waals surface area (Å²) in [4.78, 5) is 0. The Labute approximate surface area is 80.4 Å². The van der Waals surface area contributed by atoms with E-state index in [0.29, 0.717) is 0 Å². The normalized spacial score (nSPS) is 13.3. The van der Waals surface area contributed by atoms with Gasteiger partial charge < -0.3 is 5.11 Å². The smallest absolute Gasteiger partial charge is 0.299 e. The molecule has 1 aromatic rings. The van der Waals surface area contributed by atoms with E-state index < -0.39 is 18.4 Å². The maximum absolute atomic E-state index is 13.3. The van der Waals surface area contributed by atoms with Gasteiger partial charge in [-0.3, -0.25) is 0 Å². The van der Waals surface area contributed by atoms with Crippen molar-refractivity contribution in [3.05, 3.63) is 35.9 Å². The summed E-state index contributed by atoms with van der Waals surface area (Å²) in [5, 5.41) is 17.3. The molecule has 0 saturated heterocycles. The van der Waals surface area contributed by atoms with Crippen LogP contribution < -0.4 is 0 Å². The van der Waals surface area contributed by atoms with Crippen LogP contribution in [0.3, 0.4) is 0 Å². The molecule has 0 aliphatic heterocycles. The van der Waals surface area contributed by atoms with Crippen LogP contribution in [0.1, 0.15) is 12.0 Å². The van der Waals surface area contributed by atoms with Gasteiger partial charge in [0, 0.05) is 5.56 Å². The summed E-state index contributed by atoms with van der Waals surface area (Å²) >= 11 is 0. The fourth-order valence-electron chi connectivity index (χ4n) is 1.07. The number of halogens is 2. The Morgan fingerprint density at radius 1 is 1.36 bits per heavy atom. The van der Waals surface area contributed by atoms with Gasteiger partial charge in [0.1, 0.15) is 6.10 Å². The molecule has 0 radical (unpaired) electrons. The first-order valence-electron chi connectivity index (χ1n) is 4.07. The Balaban J connectivity index is 2.91. The lowest BCUT2D eigenvalue weighted by atomic mass is 10.0. The third-order valence-corrected chi connectivity index (χ3v) is 1.86. The molecule has 1 N–H and O–H groups in total. The van der Waals surface area contributed by atoms with Crippen molar-refractivity contribution in [2.75, 3.05) is 0 Å². The number of aliphatic hydroxyl groups is 1. The molecule has 14 heavy (non-hydrogen) atoms. The van der Waals surface area contributed by atoms with Crippen molar-refractivity contribution in [2.24, 2.45) is 0 Å². The molecule has 1 aromatic carbocycles. The Bertz CT molecular complexity index is 332. The minimum Gasteiger partial charge on any atom is -0.385 e. The molecule has 4 heteroatoms. The van der Waals surface area contributed by atoms with E-state index in [4.69, 9.17) is 10.4 Å². The van der Waals surface area contributed by atoms with Crippen molar-refractivity contribution in [1.82, 2.24) is 0 Å². The second-order valence-corrected chi connectivity index (χ2v) is 2.87. The zero-order valence-corrected chi connectivity index (χ0v) is 7.32. The Morgan fingerprint density at radius 2 is 1.93 bits per heavy atom. The fraction of sp³-hybridized carbons (Fsp3) is 0.300. The van der Waals surface area contributed by atoms with Gasteiger partial charge in [0.15, 0.2) is 0 Å². The van der Waals surface area contributed by atoms with Gasteiger partial charge >= 0.3 is 0 Å². The summed E-state index contributed by atoms with van der Waals surface area (Å²) in [5.74, 6) is -3.36. The molecule has 0 bridgehead atoms. The van der Waals surface area contributed by atoms with Crippen LogP contribution in [-0.2, 0) is 5.92 Å². The maximum atomic E-state index is 13.3. The second kappa shape index (κ2) is 4.16. The first-order valence-corrected chi connectivity index (χ1v) is 4.07. The predicted octanol–water partition coefficient (Wildman–Crippen LogP) is 2.05. The zero-order valence-electron chi connectivity index (χ0n) is 7.32. The molecule has 0 aromatic heterocycles. The zero-order chi connectivity index (χ0) is 10.6. The quantitative estimate of drug-likeness (QED) is 0.805. The van der Waals surface area contributed by atoms with Crippen LogP contribution in [0.4, 0.5) is 8.78 Å². The molecule has 1 unspecified atom stereocenters. The molecule has 1 rings (SSSR count). The summed E-state index contributed by atoms with van der Waals surface area (Å²) in [7, 11) is 0. The lowest BCUT2D eigenvalue weighted by molar-refractivity contribution is -0.112. The number of benzene rings is 1. The van der Waals surface area contributed by atoms with Crippen LogP contribution in [0.2, 0.25) is 0 Å². The van der Waals surface area contributed by atoms with Crippen molar-refractivity contribution in [3.8, 4) is 6.07 Å². The summed E-state index contributed by atoms with van der Waals surface area (Å²) < 4.78 is 26.7. The van der Waals surface area contributed by atoms with E-state index >= 15 is 0 Å². The number of alkyl halides is 2. The summed E-state index contributed by atoms with van der Waals surface area (Å²) in [6.45, 7) is 0. The molecule has 0 saturated carbocycles. The van der Waals surface area contributed by atoms with Crippen molar-refractivity contribution < 1.29 is 13.9 Å². The molecule has 0 aliphatic carbocycles. The predicted molar refractivity (Wildman–Crippen MR) is 46.6 cm³/mol. The van der Waals surface area contributed by atoms with Crippen LogP contribution in [-0.4, -0.2) is 11.2 Å². The molecular weight excluding hydrogens is 188 g/mol. The van der Waals surface area contributed by atoms with Gasteiger partial charge in [-0.2, -0.15) is 14.0 Å². The molecular formula is C10H9F2NO. The number of aliphatic hydroxyl groups excluding tert-OH is 1. The minimum absolute atomic E-state index is 0.275. The Hall–Kier alpha value is -1.47. The van der Waals surface area contributed by atoms with Gasteiger partial charge in [-0.1, -0.05) is 30.3 Å². The SMILES string of the molecule is N#CCC(O)C(F)(F)c1ccccc1. The topological polar surface area (TPSA) is 44.0 Å². The largest absolute Gasteiger partial charge is 0.385 e. The number of nitriles is 1. The highest BCUT2D eigenvalue weighted by atomic mass is 19.3. The van der Waals surface area contributed by atoms with Crippen molar-refractivity contribution in [2.45, 2.75) is 18.4 Å². The number of rotatable bonds is 3. The molecule has 0 aliphatic rings. The van der Waals surface area contributed by atoms with Gasteiger partial charge in [-0.05, 0) is 0 Å². The van der Waals surface area contributed by atoms with Gasteiger partial charge in [-0.15, -0.1) is 0 Å². The number of hydrogen-bond acceptors (Lipinski definition) is 2. The van der Waals surface area contributed by atoms with E-state index in [0.717, 1.165) is 0 Å². The molecule has 1 atom stereocenters. The van der Waals surface area contributed by atoms with Crippen LogP contribution in [0.15, 0.2) is 30.3 Å². The average Bonchev–Trinajstić information content (AvgIpc) is 2.19. The molecule has 0 spiro atoms. The highest BCUT2D eigenvalue weighted by molar-refractivity contribution is 5.21. The number of nitrogens with zero attached hydrogens (tertiary/aromatic N) is 1. The van der Waals surface area contributed by atoms with E-state index in [1.807, 2.05) is 0 Å². The summed E-state index contributed by atoms with van der Waals surface area (Å²) in [5.41, 5.74) is -0.275. The molecule has 0 heterocycles. The van der Waals surface area contributed by atoms with E-state index in [2.05, 4.69) is 0 Å². The molecule has 74 valence electrons. The minimum atomic E-state index is -3.36. The van der Waals surface area contributed by atoms with E-state index in [1.165, 1.54) is 30.3 Å². The lowest BCUT2D eigenvalue weighted by Crippen LogP contribution is -2.30. The first-order chi connectivity index (χ1) is 6.59. The van der Waals surface area contributed by atoms with Crippen LogP contribution >= 0.6 is 0 Å². The van der Waals surface area contributed by atoms with Crippen molar-refractivity contribution >= 4 is 0 Å². The average molecular weight is 197 g/mol. The van der Waals surface area contributed by atoms with Gasteiger partial charge in [0.25, 0.3) is 5.92 Å². The standard InChI is InChI=1S/C10H9F2NO/c11-10(12,9(14)6-7-13)8-4-2-1-3-5-8/h1-5,9,14H,6H2. The molecule has 0 fully saturated rings. The van der Waals surface area contributed by atoms with Crippen LogP contribution in [0.25, 0.3) is 0 Å². The molecule has 2 nitrogen and oxygen atoms in total. The third kappa shape index (κ3) is 2.06. The third-order valence-electron chi connectivity index (χ3n) is 1.86. The lowest BCUT2D eigenvalue weighted by Gasteiger charge is -2.20. The summed E-state index contributed by atoms with van der Waals surface area (Å²) in [6, 6.07) is 8.49. The monoisotopic (exact) mass is 197 g/mol. The fourth-order valence-corrected chi connectivity index (χ4v) is 1.07. The van der Waals surface area contributed by atoms with E-state index in [-0.39, 0.29) is 5.56 Å². The maximum Gasteiger partial charge on any atom is 0.299 e. The van der Waals surface area contributed by atoms with E-state index in [9.17, 15) is 8.78 Å². The molecule has 0 amide bonds. The van der Waals surface area contributed by atoms with Gasteiger partial charge in [0.05, 0.1) is 12.5 Å². The Morgan fingerprint density at radius 3 is 2.43 bits per heavy atom. The van der Waals surface area contributed by atoms with Gasteiger partial charge in [-0.25, -0.2) is 0 Å². The highest BCUT2D eigenvalue weighted by Gasteiger charge is 2.39. The second-order valence-electron chi connectivity index (χ2n) is 2.87. The van der Waals surface area contributed by atoms with Crippen LogP contribution in [0, 0.1) is 11.3 Å².